The second-order valence-electron chi connectivity index (χ2n) is 8.72. The fourth-order valence-corrected chi connectivity index (χ4v) is 5.50. The van der Waals surface area contributed by atoms with Gasteiger partial charge < -0.3 is 0 Å². The Morgan fingerprint density at radius 2 is 1.56 bits per heavy atom. The van der Waals surface area contributed by atoms with Gasteiger partial charge in [-0.25, -0.2) is 0 Å². The Labute approximate surface area is 190 Å². The summed E-state index contributed by atoms with van der Waals surface area (Å²) in [5.74, 6) is 0. The van der Waals surface area contributed by atoms with E-state index < -0.39 is 0 Å². The zero-order valence-electron chi connectivity index (χ0n) is 19.3. The first-order valence-electron chi connectivity index (χ1n) is 11.4. The average molecular weight is 427 g/mol. The molecule has 0 aliphatic heterocycles. The number of nitrogens with zero attached hydrogens (tertiary/aromatic N) is 2. The lowest BCUT2D eigenvalue weighted by Crippen LogP contribution is -2.25. The van der Waals surface area contributed by atoms with Gasteiger partial charge in [-0.2, -0.15) is 0 Å². The van der Waals surface area contributed by atoms with Gasteiger partial charge in [-0.1, -0.05) is 63.1 Å². The SMILES string of the molecule is CCCC1(CCC)c2cc(/C(=N\C)c3ccccc3C)ccc2-c2ccc([N+](=O)[O-])cc21. The Bertz CT molecular complexity index is 1200. The fourth-order valence-electron chi connectivity index (χ4n) is 5.50. The standard InChI is InChI=1S/C28H30N2O2/c1-5-15-28(16-6-2)25-17-20(27(29-4)22-10-8-7-9-19(22)3)11-13-23(25)24-14-12-21(30(31)32)18-26(24)28/h7-14,17-18H,5-6,15-16H2,1-4H3/b29-27+. The van der Waals surface area contributed by atoms with Crippen molar-refractivity contribution in [3.8, 4) is 11.1 Å². The summed E-state index contributed by atoms with van der Waals surface area (Å²) in [6.45, 7) is 6.51. The molecule has 0 aromatic heterocycles. The monoisotopic (exact) mass is 426 g/mol. The van der Waals surface area contributed by atoms with Crippen molar-refractivity contribution < 1.29 is 4.92 Å². The minimum atomic E-state index is -0.280. The van der Waals surface area contributed by atoms with E-state index in [1.807, 2.05) is 31.3 Å². The minimum Gasteiger partial charge on any atom is -0.287 e. The Morgan fingerprint density at radius 3 is 2.16 bits per heavy atom. The maximum Gasteiger partial charge on any atom is 0.269 e. The van der Waals surface area contributed by atoms with Crippen molar-refractivity contribution in [3.63, 3.8) is 0 Å². The van der Waals surface area contributed by atoms with Gasteiger partial charge in [0.2, 0.25) is 0 Å². The topological polar surface area (TPSA) is 55.5 Å². The Balaban J connectivity index is 1.95. The van der Waals surface area contributed by atoms with E-state index in [0.717, 1.165) is 53.6 Å². The van der Waals surface area contributed by atoms with Crippen LogP contribution >= 0.6 is 0 Å². The summed E-state index contributed by atoms with van der Waals surface area (Å²) in [6.07, 6.45) is 3.96. The van der Waals surface area contributed by atoms with Gasteiger partial charge >= 0.3 is 0 Å². The van der Waals surface area contributed by atoms with E-state index in [0.29, 0.717) is 0 Å². The molecule has 32 heavy (non-hydrogen) atoms. The first kappa shape index (κ1) is 21.9. The lowest BCUT2D eigenvalue weighted by Gasteiger charge is -2.32. The van der Waals surface area contributed by atoms with Crippen LogP contribution in [0.4, 0.5) is 5.69 Å². The smallest absolute Gasteiger partial charge is 0.269 e. The summed E-state index contributed by atoms with van der Waals surface area (Å²) in [4.78, 5) is 15.9. The van der Waals surface area contributed by atoms with Crippen molar-refractivity contribution in [2.75, 3.05) is 7.05 Å². The molecule has 0 fully saturated rings. The highest BCUT2D eigenvalue weighted by molar-refractivity contribution is 6.14. The zero-order chi connectivity index (χ0) is 22.9. The van der Waals surface area contributed by atoms with Crippen molar-refractivity contribution in [2.45, 2.75) is 51.9 Å². The van der Waals surface area contributed by atoms with E-state index >= 15 is 0 Å². The molecule has 3 aromatic carbocycles. The fraction of sp³-hybridized carbons (Fsp3) is 0.321. The van der Waals surface area contributed by atoms with E-state index in [1.165, 1.54) is 16.7 Å². The second-order valence-corrected chi connectivity index (χ2v) is 8.72. The first-order chi connectivity index (χ1) is 15.5. The van der Waals surface area contributed by atoms with Gasteiger partial charge in [0, 0.05) is 35.7 Å². The van der Waals surface area contributed by atoms with Crippen LogP contribution in [0, 0.1) is 17.0 Å². The lowest BCUT2D eigenvalue weighted by atomic mass is 9.71. The highest BCUT2D eigenvalue weighted by Crippen LogP contribution is 2.54. The predicted octanol–water partition coefficient (Wildman–Crippen LogP) is 7.24. The predicted molar refractivity (Wildman–Crippen MR) is 132 cm³/mol. The molecule has 4 nitrogen and oxygen atoms in total. The molecule has 0 N–H and O–H groups in total. The van der Waals surface area contributed by atoms with E-state index in [4.69, 9.17) is 0 Å². The normalized spacial score (nSPS) is 14.2. The summed E-state index contributed by atoms with van der Waals surface area (Å²) >= 11 is 0. The third-order valence-corrected chi connectivity index (χ3v) is 6.81. The van der Waals surface area contributed by atoms with Crippen LogP contribution in [0.15, 0.2) is 65.7 Å². The molecular weight excluding hydrogens is 396 g/mol. The molecule has 1 aliphatic carbocycles. The largest absolute Gasteiger partial charge is 0.287 e. The number of fused-ring (bicyclic) bond motifs is 3. The van der Waals surface area contributed by atoms with Gasteiger partial charge in [0.1, 0.15) is 0 Å². The van der Waals surface area contributed by atoms with Crippen LogP contribution < -0.4 is 0 Å². The molecule has 164 valence electrons. The van der Waals surface area contributed by atoms with E-state index in [9.17, 15) is 10.1 Å². The molecule has 1 aliphatic rings. The number of hydrogen-bond donors (Lipinski definition) is 0. The highest BCUT2D eigenvalue weighted by atomic mass is 16.6. The first-order valence-corrected chi connectivity index (χ1v) is 11.4. The Hall–Kier alpha value is -3.27. The Morgan fingerprint density at radius 1 is 0.938 bits per heavy atom. The second kappa shape index (κ2) is 8.70. The molecule has 0 atom stereocenters. The van der Waals surface area contributed by atoms with Crippen LogP contribution in [0.3, 0.4) is 0 Å². The summed E-state index contributed by atoms with van der Waals surface area (Å²) in [5.41, 5.74) is 9.08. The van der Waals surface area contributed by atoms with Gasteiger partial charge in [-0.05, 0) is 59.7 Å². The summed E-state index contributed by atoms with van der Waals surface area (Å²) in [5, 5.41) is 11.6. The lowest BCUT2D eigenvalue weighted by molar-refractivity contribution is -0.384. The molecule has 0 amide bonds. The van der Waals surface area contributed by atoms with E-state index in [-0.39, 0.29) is 16.0 Å². The summed E-state index contributed by atoms with van der Waals surface area (Å²) < 4.78 is 0. The Kier molecular flexibility index (Phi) is 5.96. The molecule has 0 saturated carbocycles. The number of nitro benzene ring substituents is 1. The van der Waals surface area contributed by atoms with Crippen LogP contribution in [-0.2, 0) is 5.41 Å². The third kappa shape index (κ3) is 3.44. The average Bonchev–Trinajstić information content (AvgIpc) is 3.05. The molecule has 0 radical (unpaired) electrons. The molecule has 0 spiro atoms. The molecule has 0 unspecified atom stereocenters. The molecule has 3 aromatic rings. The maximum absolute atomic E-state index is 11.6. The van der Waals surface area contributed by atoms with E-state index in [2.05, 4.69) is 56.1 Å². The van der Waals surface area contributed by atoms with Gasteiger partial charge in [-0.3, -0.25) is 15.1 Å². The summed E-state index contributed by atoms with van der Waals surface area (Å²) in [7, 11) is 1.85. The van der Waals surface area contributed by atoms with Gasteiger partial charge in [0.25, 0.3) is 5.69 Å². The van der Waals surface area contributed by atoms with Gasteiger partial charge in [0.15, 0.2) is 0 Å². The van der Waals surface area contributed by atoms with Crippen LogP contribution in [0.5, 0.6) is 0 Å². The number of hydrogen-bond acceptors (Lipinski definition) is 3. The van der Waals surface area contributed by atoms with Crippen molar-refractivity contribution in [1.82, 2.24) is 0 Å². The van der Waals surface area contributed by atoms with Crippen LogP contribution in [0.2, 0.25) is 0 Å². The number of non-ortho nitro benzene ring substituents is 1. The van der Waals surface area contributed by atoms with Crippen LogP contribution in [-0.4, -0.2) is 17.7 Å². The maximum atomic E-state index is 11.6. The number of rotatable bonds is 7. The van der Waals surface area contributed by atoms with Crippen molar-refractivity contribution in [3.05, 3.63) is 98.6 Å². The van der Waals surface area contributed by atoms with Gasteiger partial charge in [0.05, 0.1) is 10.6 Å². The number of nitro groups is 1. The quantitative estimate of drug-likeness (QED) is 0.227. The molecule has 0 bridgehead atoms. The highest BCUT2D eigenvalue weighted by Gasteiger charge is 2.43. The number of aliphatic imine (C=N–C) groups is 1. The number of aryl methyl sites for hydroxylation is 1. The summed E-state index contributed by atoms with van der Waals surface area (Å²) in [6, 6.07) is 20.3. The van der Waals surface area contributed by atoms with Crippen molar-refractivity contribution >= 4 is 11.4 Å². The van der Waals surface area contributed by atoms with Gasteiger partial charge in [-0.15, -0.1) is 0 Å². The van der Waals surface area contributed by atoms with E-state index in [1.54, 1.807) is 6.07 Å². The molecule has 4 rings (SSSR count). The zero-order valence-corrected chi connectivity index (χ0v) is 19.3. The molecule has 4 heteroatoms. The third-order valence-electron chi connectivity index (χ3n) is 6.81. The molecule has 0 saturated heterocycles. The minimum absolute atomic E-state index is 0.170. The van der Waals surface area contributed by atoms with Crippen molar-refractivity contribution in [1.29, 1.82) is 0 Å². The molecular formula is C28H30N2O2. The molecule has 0 heterocycles. The van der Waals surface area contributed by atoms with Crippen molar-refractivity contribution in [2.24, 2.45) is 4.99 Å². The van der Waals surface area contributed by atoms with Crippen LogP contribution in [0.25, 0.3) is 11.1 Å². The van der Waals surface area contributed by atoms with Crippen LogP contribution in [0.1, 0.15) is 67.3 Å². The number of benzene rings is 3.